The van der Waals surface area contributed by atoms with E-state index >= 15 is 0 Å². The van der Waals surface area contributed by atoms with E-state index in [1.165, 1.54) is 24.3 Å². The zero-order valence-electron chi connectivity index (χ0n) is 42.9. The van der Waals surface area contributed by atoms with Crippen molar-refractivity contribution in [2.75, 3.05) is 19.8 Å². The molecule has 2 aliphatic rings. The Bertz CT molecular complexity index is 3040. The van der Waals surface area contributed by atoms with Crippen LogP contribution >= 0.6 is 0 Å². The van der Waals surface area contributed by atoms with Crippen molar-refractivity contribution in [2.45, 2.75) is 81.2 Å². The van der Waals surface area contributed by atoms with Gasteiger partial charge in [0.05, 0.1) is 48.7 Å². The van der Waals surface area contributed by atoms with Gasteiger partial charge in [0.2, 0.25) is 0 Å². The minimum Gasteiger partial charge on any atom is -0.459 e. The average molecular weight is 1070 g/mol. The summed E-state index contributed by atoms with van der Waals surface area (Å²) in [5.74, 6) is -0.832. The summed E-state index contributed by atoms with van der Waals surface area (Å²) in [5, 5.41) is 0. The Morgan fingerprint density at radius 1 is 0.380 bits per heavy atom. The summed E-state index contributed by atoms with van der Waals surface area (Å²) in [5.41, 5.74) is 3.06. The third kappa shape index (κ3) is 15.3. The number of rotatable bonds is 23. The van der Waals surface area contributed by atoms with Gasteiger partial charge in [0.25, 0.3) is 0 Å². The molecule has 0 aliphatic carbocycles. The molecular weight excluding hydrogens is 1010 g/mol. The third-order valence-corrected chi connectivity index (χ3v) is 12.9. The summed E-state index contributed by atoms with van der Waals surface area (Å²) in [6, 6.07) is 60.9. The molecule has 7 aromatic rings. The van der Waals surface area contributed by atoms with E-state index < -0.39 is 91.9 Å². The summed E-state index contributed by atoms with van der Waals surface area (Å²) in [4.78, 5) is 57.2. The van der Waals surface area contributed by atoms with Crippen molar-refractivity contribution in [2.24, 2.45) is 0 Å². The Kier molecular flexibility index (Phi) is 19.9. The average Bonchev–Trinajstić information content (AvgIpc) is 3.63. The zero-order chi connectivity index (χ0) is 54.6. The smallest absolute Gasteiger partial charge is 0.338 e. The Labute approximate surface area is 458 Å². The molecule has 0 saturated carbocycles. The molecule has 0 unspecified atom stereocenters. The van der Waals surface area contributed by atoms with Crippen molar-refractivity contribution in [1.82, 2.24) is 0 Å². The van der Waals surface area contributed by atoms with E-state index in [4.69, 9.17) is 58.5 Å². The first-order valence-electron chi connectivity index (χ1n) is 25.8. The molecule has 2 fully saturated rings. The molecule has 0 spiro atoms. The van der Waals surface area contributed by atoms with Crippen LogP contribution in [0.3, 0.4) is 0 Å². The highest BCUT2D eigenvalue weighted by Gasteiger charge is 2.57. The molecule has 2 aliphatic heterocycles. The Morgan fingerprint density at radius 2 is 0.759 bits per heavy atom. The second kappa shape index (κ2) is 28.4. The lowest BCUT2D eigenvalue weighted by atomic mass is 9.95. The SMILES string of the molecule is C#CCO[C@H]1O[C@H](COCc2ccccc2)[C@@H](O[C@H]2O[C@H](COC(=O)c3ccccc3)[C@H](OC(=O)c3ccccc3)[C@H](OC(=O)c3ccccc3)[C@H]2OC(=O)c2ccccc2)[C@H](OCc2ccccc2)[C@H]1OCc1ccccc1. The maximum Gasteiger partial charge on any atom is 0.338 e. The van der Waals surface area contributed by atoms with E-state index in [2.05, 4.69) is 5.92 Å². The summed E-state index contributed by atoms with van der Waals surface area (Å²) < 4.78 is 72.3. The molecule has 2 saturated heterocycles. The summed E-state index contributed by atoms with van der Waals surface area (Å²) >= 11 is 0. The van der Waals surface area contributed by atoms with Gasteiger partial charge in [0, 0.05) is 0 Å². The van der Waals surface area contributed by atoms with Gasteiger partial charge in [0.15, 0.2) is 30.9 Å². The minimum absolute atomic E-state index is 0.0286. The molecule has 2 heterocycles. The predicted molar refractivity (Wildman–Crippen MR) is 287 cm³/mol. The maximum atomic E-state index is 14.6. The van der Waals surface area contributed by atoms with Gasteiger partial charge >= 0.3 is 23.9 Å². The number of carbonyl (C=O) groups is 4. The molecule has 9 rings (SSSR count). The topological polar surface area (TPSA) is 170 Å². The van der Waals surface area contributed by atoms with Gasteiger partial charge in [-0.05, 0) is 65.2 Å². The molecule has 0 aromatic heterocycles. The van der Waals surface area contributed by atoms with Gasteiger partial charge in [0.1, 0.15) is 43.7 Å². The first kappa shape index (κ1) is 55.5. The van der Waals surface area contributed by atoms with Crippen LogP contribution in [-0.2, 0) is 71.9 Å². The molecule has 10 atom stereocenters. The number of benzene rings is 7. The number of ether oxygens (including phenoxy) is 11. The predicted octanol–water partition coefficient (Wildman–Crippen LogP) is 9.39. The van der Waals surface area contributed by atoms with E-state index in [1.54, 1.807) is 97.1 Å². The quantitative estimate of drug-likeness (QED) is 0.0337. The van der Waals surface area contributed by atoms with Gasteiger partial charge in [-0.25, -0.2) is 19.2 Å². The van der Waals surface area contributed by atoms with Gasteiger partial charge in [-0.3, -0.25) is 0 Å². The number of hydrogen-bond donors (Lipinski definition) is 0. The van der Waals surface area contributed by atoms with Crippen molar-refractivity contribution in [3.05, 3.63) is 251 Å². The van der Waals surface area contributed by atoms with E-state index in [0.717, 1.165) is 16.7 Å². The van der Waals surface area contributed by atoms with Crippen molar-refractivity contribution in [1.29, 1.82) is 0 Å². The lowest BCUT2D eigenvalue weighted by Crippen LogP contribution is -2.67. The summed E-state index contributed by atoms with van der Waals surface area (Å²) in [6.07, 6.45) is -8.34. The normalized spacial score (nSPS) is 22.6. The fourth-order valence-corrected chi connectivity index (χ4v) is 9.00. The summed E-state index contributed by atoms with van der Waals surface area (Å²) in [7, 11) is 0. The van der Waals surface area contributed by atoms with Crippen LogP contribution in [0.15, 0.2) is 212 Å². The van der Waals surface area contributed by atoms with Gasteiger partial charge in [-0.1, -0.05) is 170 Å². The second-order valence-corrected chi connectivity index (χ2v) is 18.4. The first-order chi connectivity index (χ1) is 38.8. The van der Waals surface area contributed by atoms with Crippen LogP contribution in [0.25, 0.3) is 0 Å². The van der Waals surface area contributed by atoms with Gasteiger partial charge < -0.3 is 52.1 Å². The highest BCUT2D eigenvalue weighted by molar-refractivity contribution is 5.91. The molecule has 0 bridgehead atoms. The molecule has 7 aromatic carbocycles. The molecule has 404 valence electrons. The fourth-order valence-electron chi connectivity index (χ4n) is 9.00. The Balaban J connectivity index is 1.17. The molecular formula is C64H58O15. The largest absolute Gasteiger partial charge is 0.459 e. The van der Waals surface area contributed by atoms with Crippen molar-refractivity contribution in [3.8, 4) is 12.3 Å². The van der Waals surface area contributed by atoms with Crippen LogP contribution in [0.5, 0.6) is 0 Å². The number of esters is 4. The highest BCUT2D eigenvalue weighted by atomic mass is 16.8. The molecule has 0 N–H and O–H groups in total. The minimum atomic E-state index is -1.76. The van der Waals surface area contributed by atoms with Crippen LogP contribution in [0, 0.1) is 12.3 Å². The van der Waals surface area contributed by atoms with Crippen LogP contribution < -0.4 is 0 Å². The second-order valence-electron chi connectivity index (χ2n) is 18.4. The molecule has 79 heavy (non-hydrogen) atoms. The van der Waals surface area contributed by atoms with E-state index in [1.807, 2.05) is 91.0 Å². The van der Waals surface area contributed by atoms with Crippen molar-refractivity contribution >= 4 is 23.9 Å². The number of terminal acetylenes is 1. The molecule has 0 amide bonds. The van der Waals surface area contributed by atoms with Gasteiger partial charge in [-0.15, -0.1) is 6.42 Å². The fraction of sp³-hybridized carbons (Fsp3) is 0.250. The maximum absolute atomic E-state index is 14.6. The zero-order valence-corrected chi connectivity index (χ0v) is 42.9. The van der Waals surface area contributed by atoms with E-state index in [0.29, 0.717) is 0 Å². The van der Waals surface area contributed by atoms with Crippen molar-refractivity contribution in [3.63, 3.8) is 0 Å². The number of hydrogen-bond acceptors (Lipinski definition) is 15. The monoisotopic (exact) mass is 1070 g/mol. The van der Waals surface area contributed by atoms with Crippen LogP contribution in [0.2, 0.25) is 0 Å². The standard InChI is InChI=1S/C64H58O15/c1-2-38-70-63-57(72-41-46-28-14-5-15-29-46)55(71-40-45-26-12-4-13-27-45)53(51(74-63)42-69-39-44-24-10-3-11-25-44)79-64-58(78-62(68)50-36-22-9-23-37-50)56(77-61(67)49-34-20-8-21-35-49)54(76-60(66)48-32-18-7-19-33-48)52(75-64)43-73-59(65)47-30-16-6-17-31-47/h1,3-37,51-58,63-64H,38-43H2/t51-,52-,53-,54+,55+,56+,57-,58-,63+,64-/m1/s1. The Hall–Kier alpha value is -8.30. The van der Waals surface area contributed by atoms with E-state index in [-0.39, 0.29) is 55.3 Å². The lowest BCUT2D eigenvalue weighted by Gasteiger charge is -2.49. The first-order valence-corrected chi connectivity index (χ1v) is 25.8. The molecule has 15 heteroatoms. The Morgan fingerprint density at radius 3 is 1.23 bits per heavy atom. The third-order valence-electron chi connectivity index (χ3n) is 12.9. The highest BCUT2D eigenvalue weighted by Crippen LogP contribution is 2.37. The summed E-state index contributed by atoms with van der Waals surface area (Å²) in [6.45, 7) is -0.659. The van der Waals surface area contributed by atoms with Gasteiger partial charge in [-0.2, -0.15) is 0 Å². The lowest BCUT2D eigenvalue weighted by molar-refractivity contribution is -0.366. The van der Waals surface area contributed by atoms with Crippen LogP contribution in [-0.4, -0.2) is 105 Å². The van der Waals surface area contributed by atoms with E-state index in [9.17, 15) is 19.2 Å². The molecule has 0 radical (unpaired) electrons. The van der Waals surface area contributed by atoms with Crippen LogP contribution in [0.4, 0.5) is 0 Å². The molecule has 15 nitrogen and oxygen atoms in total. The van der Waals surface area contributed by atoms with Crippen molar-refractivity contribution < 1.29 is 71.3 Å². The van der Waals surface area contributed by atoms with Crippen LogP contribution in [0.1, 0.15) is 58.1 Å². The number of carbonyl (C=O) groups excluding carboxylic acids is 4.